The number of methoxy groups -OCH3 is 1. The van der Waals surface area contributed by atoms with Crippen LogP contribution in [0.2, 0.25) is 5.02 Å². The molecule has 0 aromatic heterocycles. The largest absolute Gasteiger partial charge is 0.467 e. The van der Waals surface area contributed by atoms with Gasteiger partial charge in [-0.15, -0.1) is 0 Å². The molecule has 0 amide bonds. The van der Waals surface area contributed by atoms with Crippen LogP contribution < -0.4 is 5.32 Å². The summed E-state index contributed by atoms with van der Waals surface area (Å²) in [5, 5.41) is 21.7. The van der Waals surface area contributed by atoms with Crippen molar-refractivity contribution in [2.45, 2.75) is 12.5 Å². The number of esters is 1. The molecule has 0 saturated heterocycles. The van der Waals surface area contributed by atoms with Gasteiger partial charge in [0.25, 0.3) is 0 Å². The molecule has 0 saturated carbocycles. The number of aliphatic hydroxyl groups is 1. The molecular weight excluding hydrogens is 256 g/mol. The number of hydrogen-bond acceptors (Lipinski definition) is 5. The number of halogens is 1. The number of nitrogens with one attached hydrogen (secondary N) is 1. The van der Waals surface area contributed by atoms with Gasteiger partial charge in [-0.2, -0.15) is 5.26 Å². The first-order chi connectivity index (χ1) is 8.40. The number of nitrogens with zero attached hydrogens (tertiary/aromatic N) is 1. The Morgan fingerprint density at radius 2 is 2.33 bits per heavy atom. The molecule has 2 N–H and O–H groups in total. The number of carbonyl (C=O) groups is 1. The number of ether oxygens (including phenoxy) is 1. The highest BCUT2D eigenvalue weighted by atomic mass is 35.5. The quantitative estimate of drug-likeness (QED) is 0.810. The molecule has 1 atom stereocenters. The molecule has 0 aliphatic carbocycles. The monoisotopic (exact) mass is 268 g/mol. The predicted molar refractivity (Wildman–Crippen MR) is 67.3 cm³/mol. The van der Waals surface area contributed by atoms with Crippen LogP contribution in [-0.4, -0.2) is 30.3 Å². The van der Waals surface area contributed by atoms with E-state index >= 15 is 0 Å². The van der Waals surface area contributed by atoms with E-state index in [9.17, 15) is 9.90 Å². The van der Waals surface area contributed by atoms with Crippen molar-refractivity contribution in [1.29, 1.82) is 5.26 Å². The van der Waals surface area contributed by atoms with Gasteiger partial charge in [-0.3, -0.25) is 0 Å². The Hall–Kier alpha value is -1.77. The topological polar surface area (TPSA) is 82.3 Å². The van der Waals surface area contributed by atoms with Gasteiger partial charge in [0.1, 0.15) is 6.07 Å². The minimum atomic E-state index is -1.63. The number of benzene rings is 1. The third kappa shape index (κ3) is 3.36. The van der Waals surface area contributed by atoms with Crippen LogP contribution >= 0.6 is 11.6 Å². The Labute approximate surface area is 110 Å². The smallest absolute Gasteiger partial charge is 0.339 e. The van der Waals surface area contributed by atoms with Crippen LogP contribution in [0.15, 0.2) is 18.2 Å². The SMILES string of the molecule is COC(=O)C(C)(O)CNc1ccc(C#N)c(Cl)c1. The second-order valence-electron chi connectivity index (χ2n) is 3.93. The first-order valence-corrected chi connectivity index (χ1v) is 5.53. The first kappa shape index (κ1) is 14.3. The highest BCUT2D eigenvalue weighted by Gasteiger charge is 2.31. The lowest BCUT2D eigenvalue weighted by Crippen LogP contribution is -2.42. The first-order valence-electron chi connectivity index (χ1n) is 5.15. The minimum Gasteiger partial charge on any atom is -0.467 e. The van der Waals surface area contributed by atoms with Gasteiger partial charge < -0.3 is 15.2 Å². The summed E-state index contributed by atoms with van der Waals surface area (Å²) in [4.78, 5) is 11.2. The molecule has 0 radical (unpaired) electrons. The Balaban J connectivity index is 2.73. The Morgan fingerprint density at radius 3 is 2.83 bits per heavy atom. The van der Waals surface area contributed by atoms with Crippen molar-refractivity contribution in [3.63, 3.8) is 0 Å². The molecule has 0 aliphatic rings. The Bertz CT molecular complexity index is 495. The predicted octanol–water partition coefficient (Wildman–Crippen LogP) is 1.55. The van der Waals surface area contributed by atoms with Crippen molar-refractivity contribution in [3.05, 3.63) is 28.8 Å². The lowest BCUT2D eigenvalue weighted by atomic mass is 10.1. The Morgan fingerprint density at radius 1 is 1.67 bits per heavy atom. The fourth-order valence-corrected chi connectivity index (χ4v) is 1.50. The van der Waals surface area contributed by atoms with E-state index in [1.54, 1.807) is 18.2 Å². The Kier molecular flexibility index (Phi) is 4.54. The van der Waals surface area contributed by atoms with E-state index in [2.05, 4.69) is 10.1 Å². The van der Waals surface area contributed by atoms with Crippen LogP contribution in [-0.2, 0) is 9.53 Å². The van der Waals surface area contributed by atoms with Crippen molar-refractivity contribution in [1.82, 2.24) is 0 Å². The standard InChI is InChI=1S/C12H13ClN2O3/c1-12(17,11(16)18-2)7-15-9-4-3-8(6-14)10(13)5-9/h3-5,15,17H,7H2,1-2H3. The molecule has 0 spiro atoms. The highest BCUT2D eigenvalue weighted by molar-refractivity contribution is 6.32. The van der Waals surface area contributed by atoms with Crippen LogP contribution in [0.5, 0.6) is 0 Å². The summed E-state index contributed by atoms with van der Waals surface area (Å²) in [7, 11) is 1.20. The zero-order valence-electron chi connectivity index (χ0n) is 10.0. The van der Waals surface area contributed by atoms with E-state index in [4.69, 9.17) is 16.9 Å². The van der Waals surface area contributed by atoms with Crippen molar-refractivity contribution in [2.75, 3.05) is 19.0 Å². The van der Waals surface area contributed by atoms with Crippen LogP contribution in [0, 0.1) is 11.3 Å². The molecule has 1 aromatic carbocycles. The number of anilines is 1. The van der Waals surface area contributed by atoms with Gasteiger partial charge in [0.15, 0.2) is 5.60 Å². The molecular formula is C12H13ClN2O3. The second-order valence-corrected chi connectivity index (χ2v) is 4.33. The molecule has 1 unspecified atom stereocenters. The molecule has 6 heteroatoms. The molecule has 0 bridgehead atoms. The maximum Gasteiger partial charge on any atom is 0.339 e. The molecule has 5 nitrogen and oxygen atoms in total. The number of carbonyl (C=O) groups excluding carboxylic acids is 1. The maximum absolute atomic E-state index is 11.2. The molecule has 96 valence electrons. The van der Waals surface area contributed by atoms with Gasteiger partial charge in [0.2, 0.25) is 0 Å². The maximum atomic E-state index is 11.2. The average molecular weight is 269 g/mol. The van der Waals surface area contributed by atoms with Crippen LogP contribution in [0.25, 0.3) is 0 Å². The normalized spacial score (nSPS) is 13.3. The van der Waals surface area contributed by atoms with Crippen LogP contribution in [0.3, 0.4) is 0 Å². The van der Waals surface area contributed by atoms with Crippen LogP contribution in [0.1, 0.15) is 12.5 Å². The van der Waals surface area contributed by atoms with E-state index in [1.165, 1.54) is 14.0 Å². The molecule has 1 aromatic rings. The zero-order valence-corrected chi connectivity index (χ0v) is 10.8. The zero-order chi connectivity index (χ0) is 13.8. The van der Waals surface area contributed by atoms with Crippen molar-refractivity contribution in [3.8, 4) is 6.07 Å². The lowest BCUT2D eigenvalue weighted by molar-refractivity contribution is -0.158. The third-order valence-corrected chi connectivity index (χ3v) is 2.66. The molecule has 0 aliphatic heterocycles. The van der Waals surface area contributed by atoms with Gasteiger partial charge in [0.05, 0.1) is 24.2 Å². The van der Waals surface area contributed by atoms with Gasteiger partial charge >= 0.3 is 5.97 Å². The van der Waals surface area contributed by atoms with E-state index in [0.29, 0.717) is 16.3 Å². The van der Waals surface area contributed by atoms with Gasteiger partial charge in [-0.25, -0.2) is 4.79 Å². The van der Waals surface area contributed by atoms with Crippen molar-refractivity contribution in [2.24, 2.45) is 0 Å². The highest BCUT2D eigenvalue weighted by Crippen LogP contribution is 2.20. The molecule has 1 rings (SSSR count). The molecule has 0 fully saturated rings. The summed E-state index contributed by atoms with van der Waals surface area (Å²) in [6.07, 6.45) is 0. The number of nitriles is 1. The van der Waals surface area contributed by atoms with Crippen molar-refractivity contribution >= 4 is 23.3 Å². The van der Waals surface area contributed by atoms with Crippen LogP contribution in [0.4, 0.5) is 5.69 Å². The summed E-state index contributed by atoms with van der Waals surface area (Å²) < 4.78 is 4.47. The summed E-state index contributed by atoms with van der Waals surface area (Å²) in [6, 6.07) is 6.68. The summed E-state index contributed by atoms with van der Waals surface area (Å²) in [6.45, 7) is 1.32. The van der Waals surface area contributed by atoms with Gasteiger partial charge in [0, 0.05) is 5.69 Å². The minimum absolute atomic E-state index is 0.0259. The van der Waals surface area contributed by atoms with Gasteiger partial charge in [-0.1, -0.05) is 11.6 Å². The summed E-state index contributed by atoms with van der Waals surface area (Å²) in [5.41, 5.74) is -0.667. The molecule has 18 heavy (non-hydrogen) atoms. The van der Waals surface area contributed by atoms with E-state index in [0.717, 1.165) is 0 Å². The second kappa shape index (κ2) is 5.71. The fraction of sp³-hybridized carbons (Fsp3) is 0.333. The average Bonchev–Trinajstić information content (AvgIpc) is 2.35. The number of hydrogen-bond donors (Lipinski definition) is 2. The fourth-order valence-electron chi connectivity index (χ4n) is 1.28. The van der Waals surface area contributed by atoms with Gasteiger partial charge in [-0.05, 0) is 25.1 Å². The van der Waals surface area contributed by atoms with E-state index < -0.39 is 11.6 Å². The molecule has 0 heterocycles. The summed E-state index contributed by atoms with van der Waals surface area (Å²) in [5.74, 6) is -0.727. The lowest BCUT2D eigenvalue weighted by Gasteiger charge is -2.21. The van der Waals surface area contributed by atoms with E-state index in [-0.39, 0.29) is 6.54 Å². The van der Waals surface area contributed by atoms with E-state index in [1.807, 2.05) is 6.07 Å². The third-order valence-electron chi connectivity index (χ3n) is 2.35. The number of rotatable bonds is 4. The summed E-state index contributed by atoms with van der Waals surface area (Å²) >= 11 is 5.85. The van der Waals surface area contributed by atoms with Crippen molar-refractivity contribution < 1.29 is 14.6 Å².